The molecule has 1 saturated carbocycles. The molecule has 2 aliphatic heterocycles. The third-order valence-corrected chi connectivity index (χ3v) is 5.69. The summed E-state index contributed by atoms with van der Waals surface area (Å²) >= 11 is 0. The molecule has 0 radical (unpaired) electrons. The topological polar surface area (TPSA) is 57.1 Å². The first kappa shape index (κ1) is 16.1. The van der Waals surface area contributed by atoms with Gasteiger partial charge in [0.15, 0.2) is 5.96 Å². The summed E-state index contributed by atoms with van der Waals surface area (Å²) in [5.41, 5.74) is -0.213. The van der Waals surface area contributed by atoms with Gasteiger partial charge in [0, 0.05) is 38.7 Å². The highest BCUT2D eigenvalue weighted by Crippen LogP contribution is 2.37. The van der Waals surface area contributed by atoms with Crippen molar-refractivity contribution in [1.29, 1.82) is 0 Å². The zero-order valence-electron chi connectivity index (χ0n) is 13.9. The molecule has 3 fully saturated rings. The second kappa shape index (κ2) is 6.75. The minimum absolute atomic E-state index is 0.318. The van der Waals surface area contributed by atoms with Crippen LogP contribution in [-0.2, 0) is 4.74 Å². The Morgan fingerprint density at radius 3 is 2.64 bits per heavy atom. The van der Waals surface area contributed by atoms with Gasteiger partial charge in [-0.25, -0.2) is 0 Å². The van der Waals surface area contributed by atoms with E-state index in [-0.39, 0.29) is 0 Å². The molecule has 0 aromatic carbocycles. The summed E-state index contributed by atoms with van der Waals surface area (Å²) in [5, 5.41) is 13.9. The number of hydrogen-bond acceptors (Lipinski definition) is 3. The Labute approximate surface area is 134 Å². The molecule has 3 aliphatic rings. The first-order valence-corrected chi connectivity index (χ1v) is 8.91. The normalized spacial score (nSPS) is 32.5. The first-order chi connectivity index (χ1) is 10.6. The van der Waals surface area contributed by atoms with Crippen molar-refractivity contribution in [1.82, 2.24) is 10.2 Å². The Hall–Kier alpha value is -0.810. The smallest absolute Gasteiger partial charge is 0.193 e. The Morgan fingerprint density at radius 1 is 1.18 bits per heavy atom. The van der Waals surface area contributed by atoms with Crippen LogP contribution in [0, 0.1) is 5.41 Å². The maximum Gasteiger partial charge on any atom is 0.193 e. The van der Waals surface area contributed by atoms with Gasteiger partial charge in [-0.15, -0.1) is 0 Å². The molecule has 3 rings (SSSR count). The van der Waals surface area contributed by atoms with Crippen LogP contribution in [0.15, 0.2) is 4.99 Å². The van der Waals surface area contributed by atoms with E-state index >= 15 is 0 Å². The van der Waals surface area contributed by atoms with E-state index in [9.17, 15) is 5.11 Å². The summed E-state index contributed by atoms with van der Waals surface area (Å²) in [6.45, 7) is 4.52. The lowest BCUT2D eigenvalue weighted by Crippen LogP contribution is -2.54. The molecule has 5 nitrogen and oxygen atoms in total. The molecule has 1 atom stereocenters. The predicted molar refractivity (Wildman–Crippen MR) is 88.1 cm³/mol. The Morgan fingerprint density at radius 2 is 1.95 bits per heavy atom. The highest BCUT2D eigenvalue weighted by atomic mass is 16.5. The van der Waals surface area contributed by atoms with E-state index in [1.165, 1.54) is 25.7 Å². The van der Waals surface area contributed by atoms with E-state index in [1.54, 1.807) is 0 Å². The van der Waals surface area contributed by atoms with Crippen LogP contribution < -0.4 is 5.32 Å². The number of hydrogen-bond donors (Lipinski definition) is 2. The number of nitrogens with zero attached hydrogens (tertiary/aromatic N) is 2. The average molecular weight is 309 g/mol. The van der Waals surface area contributed by atoms with Crippen molar-refractivity contribution in [2.75, 3.05) is 39.9 Å². The molecule has 0 bridgehead atoms. The molecule has 0 amide bonds. The summed E-state index contributed by atoms with van der Waals surface area (Å²) in [5.74, 6) is 0.949. The summed E-state index contributed by atoms with van der Waals surface area (Å²) in [4.78, 5) is 6.83. The maximum atomic E-state index is 10.5. The number of aliphatic hydroxyl groups is 1. The van der Waals surface area contributed by atoms with Gasteiger partial charge in [-0.1, -0.05) is 12.8 Å². The quantitative estimate of drug-likeness (QED) is 0.603. The van der Waals surface area contributed by atoms with Crippen molar-refractivity contribution in [2.24, 2.45) is 10.4 Å². The van der Waals surface area contributed by atoms with Crippen LogP contribution in [0.5, 0.6) is 0 Å². The third-order valence-electron chi connectivity index (χ3n) is 5.69. The molecule has 0 aromatic rings. The maximum absolute atomic E-state index is 10.5. The van der Waals surface area contributed by atoms with Crippen LogP contribution in [0.25, 0.3) is 0 Å². The van der Waals surface area contributed by atoms with Crippen molar-refractivity contribution in [3.8, 4) is 0 Å². The van der Waals surface area contributed by atoms with Crippen molar-refractivity contribution in [2.45, 2.75) is 57.0 Å². The Bertz CT molecular complexity index is 393. The fraction of sp³-hybridized carbons (Fsp3) is 0.941. The van der Waals surface area contributed by atoms with Crippen LogP contribution in [0.3, 0.4) is 0 Å². The van der Waals surface area contributed by atoms with Crippen molar-refractivity contribution in [3.63, 3.8) is 0 Å². The van der Waals surface area contributed by atoms with Gasteiger partial charge in [0.1, 0.15) is 0 Å². The number of likely N-dealkylation sites (tertiary alicyclic amines) is 1. The molecule has 5 heteroatoms. The van der Waals surface area contributed by atoms with E-state index in [0.29, 0.717) is 12.0 Å². The van der Waals surface area contributed by atoms with Gasteiger partial charge in [-0.2, -0.15) is 0 Å². The lowest BCUT2D eigenvalue weighted by Gasteiger charge is -2.46. The minimum Gasteiger partial charge on any atom is -0.388 e. The zero-order chi connectivity index (χ0) is 15.5. The Balaban J connectivity index is 1.58. The number of ether oxygens (including phenoxy) is 1. The number of rotatable bonds is 2. The SMILES string of the molecule is CN=C(NCC1(O)CCCC1)N1CCCC2(CCCOC2)C1. The van der Waals surface area contributed by atoms with Gasteiger partial charge >= 0.3 is 0 Å². The first-order valence-electron chi connectivity index (χ1n) is 8.91. The van der Waals surface area contributed by atoms with Crippen molar-refractivity contribution < 1.29 is 9.84 Å². The van der Waals surface area contributed by atoms with Crippen LogP contribution in [0.1, 0.15) is 51.4 Å². The fourth-order valence-corrected chi connectivity index (χ4v) is 4.41. The molecule has 1 aliphatic carbocycles. The Kier molecular flexibility index (Phi) is 4.93. The fourth-order valence-electron chi connectivity index (χ4n) is 4.41. The third kappa shape index (κ3) is 3.57. The molecular formula is C17H31N3O2. The van der Waals surface area contributed by atoms with E-state index < -0.39 is 5.60 Å². The highest BCUT2D eigenvalue weighted by molar-refractivity contribution is 5.80. The lowest BCUT2D eigenvalue weighted by molar-refractivity contribution is -0.0373. The molecule has 2 N–H and O–H groups in total. The standard InChI is InChI=1S/C17H31N3O2/c1-18-15(19-12-17(21)8-2-3-9-17)20-10-4-6-16(13-20)7-5-11-22-14-16/h21H,2-14H2,1H3,(H,18,19). The van der Waals surface area contributed by atoms with Crippen LogP contribution in [0.2, 0.25) is 0 Å². The molecular weight excluding hydrogens is 278 g/mol. The van der Waals surface area contributed by atoms with Crippen LogP contribution in [-0.4, -0.2) is 61.5 Å². The van der Waals surface area contributed by atoms with Gasteiger partial charge in [0.25, 0.3) is 0 Å². The number of aliphatic imine (C=N–C) groups is 1. The summed E-state index contributed by atoms with van der Waals surface area (Å²) in [6, 6.07) is 0. The average Bonchev–Trinajstić information content (AvgIpc) is 2.96. The highest BCUT2D eigenvalue weighted by Gasteiger charge is 2.38. The van der Waals surface area contributed by atoms with Gasteiger partial charge < -0.3 is 20.1 Å². The van der Waals surface area contributed by atoms with Crippen molar-refractivity contribution >= 4 is 5.96 Å². The summed E-state index contributed by atoms with van der Waals surface area (Å²) in [7, 11) is 1.85. The number of piperidine rings is 1. The second-order valence-electron chi connectivity index (χ2n) is 7.51. The van der Waals surface area contributed by atoms with Gasteiger partial charge in [-0.05, 0) is 38.5 Å². The van der Waals surface area contributed by atoms with Gasteiger partial charge in [-0.3, -0.25) is 4.99 Å². The van der Waals surface area contributed by atoms with Crippen LogP contribution in [0.4, 0.5) is 0 Å². The molecule has 126 valence electrons. The molecule has 1 spiro atoms. The van der Waals surface area contributed by atoms with E-state index in [4.69, 9.17) is 4.74 Å². The molecule has 0 aromatic heterocycles. The molecule has 2 heterocycles. The monoisotopic (exact) mass is 309 g/mol. The lowest BCUT2D eigenvalue weighted by atomic mass is 9.76. The largest absolute Gasteiger partial charge is 0.388 e. The molecule has 22 heavy (non-hydrogen) atoms. The van der Waals surface area contributed by atoms with Gasteiger partial charge in [0.2, 0.25) is 0 Å². The zero-order valence-corrected chi connectivity index (χ0v) is 13.9. The van der Waals surface area contributed by atoms with E-state index in [2.05, 4.69) is 15.2 Å². The summed E-state index contributed by atoms with van der Waals surface area (Å²) in [6.07, 6.45) is 9.02. The predicted octanol–water partition coefficient (Wildman–Crippen LogP) is 1.76. The van der Waals surface area contributed by atoms with Crippen LogP contribution >= 0.6 is 0 Å². The summed E-state index contributed by atoms with van der Waals surface area (Å²) < 4.78 is 5.75. The molecule has 1 unspecified atom stereocenters. The number of guanidine groups is 1. The number of nitrogens with one attached hydrogen (secondary N) is 1. The van der Waals surface area contributed by atoms with E-state index in [0.717, 1.165) is 57.9 Å². The van der Waals surface area contributed by atoms with Gasteiger partial charge in [0.05, 0.1) is 12.2 Å². The minimum atomic E-state index is -0.530. The molecule has 2 saturated heterocycles. The van der Waals surface area contributed by atoms with Crippen molar-refractivity contribution in [3.05, 3.63) is 0 Å². The second-order valence-corrected chi connectivity index (χ2v) is 7.51. The van der Waals surface area contributed by atoms with E-state index in [1.807, 2.05) is 7.05 Å².